The van der Waals surface area contributed by atoms with E-state index in [1.807, 2.05) is 30.3 Å². The van der Waals surface area contributed by atoms with Gasteiger partial charge in [-0.15, -0.1) is 0 Å². The summed E-state index contributed by atoms with van der Waals surface area (Å²) in [6.45, 7) is 0.356. The van der Waals surface area contributed by atoms with Crippen LogP contribution in [-0.2, 0) is 20.7 Å². The van der Waals surface area contributed by atoms with E-state index in [1.54, 1.807) is 24.3 Å². The van der Waals surface area contributed by atoms with Gasteiger partial charge in [-0.25, -0.2) is 10.2 Å². The number of benzene rings is 2. The van der Waals surface area contributed by atoms with Gasteiger partial charge in [0, 0.05) is 6.54 Å². The summed E-state index contributed by atoms with van der Waals surface area (Å²) in [5, 5.41) is 6.25. The molecule has 0 unspecified atom stereocenters. The van der Waals surface area contributed by atoms with Gasteiger partial charge in [-0.2, -0.15) is 5.10 Å². The van der Waals surface area contributed by atoms with Crippen molar-refractivity contribution in [3.8, 4) is 0 Å². The number of hydrazone groups is 1. The summed E-state index contributed by atoms with van der Waals surface area (Å²) in [5.74, 6) is -2.03. The predicted molar refractivity (Wildman–Crippen MR) is 96.7 cm³/mol. The molecule has 0 aromatic heterocycles. The minimum absolute atomic E-state index is 0.356. The highest BCUT2D eigenvalue weighted by atomic mass is 16.5. The maximum atomic E-state index is 11.7. The number of nitrogens with zero attached hydrogens (tertiary/aromatic N) is 1. The fraction of sp³-hybridized carbons (Fsp3) is 0.158. The Morgan fingerprint density at radius 1 is 1.00 bits per heavy atom. The quantitative estimate of drug-likeness (QED) is 0.354. The molecule has 0 heterocycles. The molecule has 7 nitrogen and oxygen atoms in total. The Kier molecular flexibility index (Phi) is 7.05. The molecule has 2 amide bonds. The van der Waals surface area contributed by atoms with E-state index in [0.717, 1.165) is 5.56 Å². The van der Waals surface area contributed by atoms with E-state index < -0.39 is 17.8 Å². The van der Waals surface area contributed by atoms with Gasteiger partial charge in [0.15, 0.2) is 0 Å². The molecule has 2 aromatic rings. The summed E-state index contributed by atoms with van der Waals surface area (Å²) in [7, 11) is 1.30. The van der Waals surface area contributed by atoms with E-state index >= 15 is 0 Å². The van der Waals surface area contributed by atoms with Crippen molar-refractivity contribution in [3.63, 3.8) is 0 Å². The average molecular weight is 353 g/mol. The molecule has 2 rings (SSSR count). The van der Waals surface area contributed by atoms with Gasteiger partial charge in [-0.1, -0.05) is 42.5 Å². The van der Waals surface area contributed by atoms with Gasteiger partial charge in [0.1, 0.15) is 0 Å². The molecule has 0 bridgehead atoms. The van der Waals surface area contributed by atoms with Crippen molar-refractivity contribution in [3.05, 3.63) is 71.3 Å². The highest BCUT2D eigenvalue weighted by Gasteiger charge is 2.11. The lowest BCUT2D eigenvalue weighted by atomic mass is 10.1. The number of carbonyl (C=O) groups excluding carboxylic acids is 3. The summed E-state index contributed by atoms with van der Waals surface area (Å²) < 4.78 is 4.60. The predicted octanol–water partition coefficient (Wildman–Crippen LogP) is 1.28. The monoisotopic (exact) mass is 353 g/mol. The van der Waals surface area contributed by atoms with Crippen molar-refractivity contribution in [2.24, 2.45) is 5.10 Å². The largest absolute Gasteiger partial charge is 0.465 e. The van der Waals surface area contributed by atoms with Crippen LogP contribution in [0.1, 0.15) is 21.5 Å². The van der Waals surface area contributed by atoms with Crippen molar-refractivity contribution in [2.75, 3.05) is 13.7 Å². The van der Waals surface area contributed by atoms with Gasteiger partial charge in [-0.3, -0.25) is 9.59 Å². The van der Waals surface area contributed by atoms with Gasteiger partial charge in [0.2, 0.25) is 0 Å². The van der Waals surface area contributed by atoms with Crippen LogP contribution in [0.3, 0.4) is 0 Å². The van der Waals surface area contributed by atoms with Crippen molar-refractivity contribution in [1.29, 1.82) is 0 Å². The smallest absolute Gasteiger partial charge is 0.337 e. The SMILES string of the molecule is COC(=O)c1ccc(/C=N\NC(=O)C(=O)NCCc2ccccc2)cc1. The molecule has 2 N–H and O–H groups in total. The van der Waals surface area contributed by atoms with Gasteiger partial charge < -0.3 is 10.1 Å². The minimum atomic E-state index is -0.847. The van der Waals surface area contributed by atoms with E-state index in [4.69, 9.17) is 0 Å². The third-order valence-corrected chi connectivity index (χ3v) is 3.46. The lowest BCUT2D eigenvalue weighted by Gasteiger charge is -2.04. The van der Waals surface area contributed by atoms with Crippen LogP contribution in [0, 0.1) is 0 Å². The van der Waals surface area contributed by atoms with E-state index in [9.17, 15) is 14.4 Å². The molecule has 0 spiro atoms. The van der Waals surface area contributed by atoms with Crippen LogP contribution in [0.4, 0.5) is 0 Å². The molecule has 7 heteroatoms. The first-order valence-corrected chi connectivity index (χ1v) is 7.93. The van der Waals surface area contributed by atoms with Crippen LogP contribution >= 0.6 is 0 Å². The molecule has 2 aromatic carbocycles. The zero-order valence-corrected chi connectivity index (χ0v) is 14.3. The summed E-state index contributed by atoms with van der Waals surface area (Å²) in [6.07, 6.45) is 2.01. The normalized spacial score (nSPS) is 10.3. The fourth-order valence-corrected chi connectivity index (χ4v) is 2.08. The molecule has 0 aliphatic rings. The first-order valence-electron chi connectivity index (χ1n) is 7.93. The summed E-state index contributed by atoms with van der Waals surface area (Å²) >= 11 is 0. The van der Waals surface area contributed by atoms with Crippen LogP contribution in [-0.4, -0.2) is 37.7 Å². The topological polar surface area (TPSA) is 96.9 Å². The number of amides is 2. The molecule has 134 valence electrons. The maximum Gasteiger partial charge on any atom is 0.337 e. The molecular formula is C19H19N3O4. The number of methoxy groups -OCH3 is 1. The molecule has 0 aliphatic heterocycles. The van der Waals surface area contributed by atoms with Crippen LogP contribution in [0.15, 0.2) is 59.7 Å². The van der Waals surface area contributed by atoms with Crippen molar-refractivity contribution in [1.82, 2.24) is 10.7 Å². The molecule has 0 saturated heterocycles. The van der Waals surface area contributed by atoms with Crippen LogP contribution in [0.25, 0.3) is 0 Å². The summed E-state index contributed by atoms with van der Waals surface area (Å²) in [4.78, 5) is 34.7. The minimum Gasteiger partial charge on any atom is -0.465 e. The molecule has 26 heavy (non-hydrogen) atoms. The second-order valence-corrected chi connectivity index (χ2v) is 5.30. The maximum absolute atomic E-state index is 11.7. The van der Waals surface area contributed by atoms with Crippen molar-refractivity contribution in [2.45, 2.75) is 6.42 Å². The average Bonchev–Trinajstić information content (AvgIpc) is 2.68. The third kappa shape index (κ3) is 5.86. The zero-order valence-electron chi connectivity index (χ0n) is 14.3. The van der Waals surface area contributed by atoms with Gasteiger partial charge >= 0.3 is 17.8 Å². The van der Waals surface area contributed by atoms with Crippen molar-refractivity contribution < 1.29 is 19.1 Å². The lowest BCUT2D eigenvalue weighted by molar-refractivity contribution is -0.139. The Labute approximate surface area is 151 Å². The second kappa shape index (κ2) is 9.73. The zero-order chi connectivity index (χ0) is 18.8. The van der Waals surface area contributed by atoms with Crippen molar-refractivity contribution >= 4 is 24.0 Å². The standard InChI is InChI=1S/C19H19N3O4/c1-26-19(25)16-9-7-15(8-10-16)13-21-22-18(24)17(23)20-12-11-14-5-3-2-4-6-14/h2-10,13H,11-12H2,1H3,(H,20,23)(H,22,24)/b21-13-. The Bertz CT molecular complexity index is 786. The number of hydrogen-bond acceptors (Lipinski definition) is 5. The second-order valence-electron chi connectivity index (χ2n) is 5.30. The Hall–Kier alpha value is -3.48. The Morgan fingerprint density at radius 2 is 1.69 bits per heavy atom. The number of hydrogen-bond donors (Lipinski definition) is 2. The van der Waals surface area contributed by atoms with E-state index in [-0.39, 0.29) is 0 Å². The van der Waals surface area contributed by atoms with Crippen LogP contribution in [0.5, 0.6) is 0 Å². The molecular weight excluding hydrogens is 334 g/mol. The molecule has 0 radical (unpaired) electrons. The Balaban J connectivity index is 1.75. The van der Waals surface area contributed by atoms with Crippen LogP contribution in [0.2, 0.25) is 0 Å². The fourth-order valence-electron chi connectivity index (χ4n) is 2.08. The van der Waals surface area contributed by atoms with Gasteiger partial charge in [-0.05, 0) is 29.7 Å². The van der Waals surface area contributed by atoms with E-state index in [1.165, 1.54) is 13.3 Å². The summed E-state index contributed by atoms with van der Waals surface area (Å²) in [6, 6.07) is 16.1. The lowest BCUT2D eigenvalue weighted by Crippen LogP contribution is -2.38. The number of esters is 1. The first-order chi connectivity index (χ1) is 12.6. The van der Waals surface area contributed by atoms with Gasteiger partial charge in [0.05, 0.1) is 18.9 Å². The molecule has 0 aliphatic carbocycles. The number of nitrogens with one attached hydrogen (secondary N) is 2. The molecule has 0 atom stereocenters. The van der Waals surface area contributed by atoms with E-state index in [0.29, 0.717) is 24.1 Å². The molecule has 0 saturated carbocycles. The highest BCUT2D eigenvalue weighted by molar-refractivity contribution is 6.35. The number of carbonyl (C=O) groups is 3. The number of rotatable bonds is 6. The molecule has 0 fully saturated rings. The van der Waals surface area contributed by atoms with Gasteiger partial charge in [0.25, 0.3) is 0 Å². The Morgan fingerprint density at radius 3 is 2.35 bits per heavy atom. The van der Waals surface area contributed by atoms with E-state index in [2.05, 4.69) is 20.6 Å². The highest BCUT2D eigenvalue weighted by Crippen LogP contribution is 2.03. The number of ether oxygens (including phenoxy) is 1. The first kappa shape index (κ1) is 18.9. The van der Waals surface area contributed by atoms with Crippen LogP contribution < -0.4 is 10.7 Å². The third-order valence-electron chi connectivity index (χ3n) is 3.46. The summed E-state index contributed by atoms with van der Waals surface area (Å²) in [5.41, 5.74) is 4.29.